The first-order valence-corrected chi connectivity index (χ1v) is 11.3. The third-order valence-electron chi connectivity index (χ3n) is 6.15. The maximum absolute atomic E-state index is 5.94. The van der Waals surface area contributed by atoms with Crippen LogP contribution in [0.3, 0.4) is 0 Å². The second kappa shape index (κ2) is 11.9. The van der Waals surface area contributed by atoms with Crippen molar-refractivity contribution in [2.24, 2.45) is 4.99 Å². The highest BCUT2D eigenvalue weighted by atomic mass is 16.5. The maximum atomic E-state index is 5.94. The Kier molecular flexibility index (Phi) is 9.18. The van der Waals surface area contributed by atoms with Gasteiger partial charge in [-0.1, -0.05) is 12.8 Å². The Hall–Kier alpha value is -0.850. The van der Waals surface area contributed by atoms with Gasteiger partial charge in [0.1, 0.15) is 0 Å². The number of hydrogen-bond donors (Lipinski definition) is 2. The number of hydrogen-bond acceptors (Lipinski definition) is 4. The molecule has 3 rings (SSSR count). The van der Waals surface area contributed by atoms with Crippen LogP contribution in [-0.2, 0) is 9.47 Å². The van der Waals surface area contributed by atoms with Gasteiger partial charge in [0.15, 0.2) is 5.96 Å². The molecule has 0 aromatic carbocycles. The van der Waals surface area contributed by atoms with Gasteiger partial charge in [-0.3, -0.25) is 4.99 Å². The lowest BCUT2D eigenvalue weighted by atomic mass is 10.0. The van der Waals surface area contributed by atoms with E-state index in [0.29, 0.717) is 12.1 Å². The smallest absolute Gasteiger partial charge is 0.191 e. The molecule has 2 N–H and O–H groups in total. The molecule has 3 fully saturated rings. The summed E-state index contributed by atoms with van der Waals surface area (Å²) in [4.78, 5) is 7.49. The number of nitrogens with one attached hydrogen (secondary N) is 2. The van der Waals surface area contributed by atoms with Crippen molar-refractivity contribution in [2.45, 2.75) is 82.9 Å². The molecule has 1 saturated carbocycles. The van der Waals surface area contributed by atoms with Crippen LogP contribution >= 0.6 is 0 Å². The van der Waals surface area contributed by atoms with Crippen LogP contribution in [-0.4, -0.2) is 75.0 Å². The SMILES string of the molecule is CCNC(=NCCCOC1CCOCC1)NC1CCN(C2CCCC2)CC1. The molecule has 0 bridgehead atoms. The van der Waals surface area contributed by atoms with Crippen LogP contribution < -0.4 is 10.6 Å². The molecule has 0 unspecified atom stereocenters. The summed E-state index contributed by atoms with van der Waals surface area (Å²) in [6.07, 6.45) is 11.6. The van der Waals surface area contributed by atoms with Gasteiger partial charge in [-0.2, -0.15) is 0 Å². The van der Waals surface area contributed by atoms with E-state index in [1.165, 1.54) is 51.6 Å². The van der Waals surface area contributed by atoms with Crippen molar-refractivity contribution < 1.29 is 9.47 Å². The van der Waals surface area contributed by atoms with E-state index in [2.05, 4.69) is 22.5 Å². The largest absolute Gasteiger partial charge is 0.381 e. The molecule has 1 aliphatic carbocycles. The van der Waals surface area contributed by atoms with Gasteiger partial charge in [-0.25, -0.2) is 0 Å². The quantitative estimate of drug-likeness (QED) is 0.385. The lowest BCUT2D eigenvalue weighted by molar-refractivity contribution is -0.0318. The predicted octanol–water partition coefficient (Wildman–Crippen LogP) is 2.53. The van der Waals surface area contributed by atoms with Gasteiger partial charge in [-0.05, 0) is 51.9 Å². The number of piperidine rings is 1. The third-order valence-corrected chi connectivity index (χ3v) is 6.15. The summed E-state index contributed by atoms with van der Waals surface area (Å²) in [5.41, 5.74) is 0. The number of likely N-dealkylation sites (tertiary alicyclic amines) is 1. The molecule has 27 heavy (non-hydrogen) atoms. The molecule has 0 aromatic rings. The Balaban J connectivity index is 1.32. The first kappa shape index (κ1) is 20.9. The summed E-state index contributed by atoms with van der Waals surface area (Å²) in [5, 5.41) is 7.07. The van der Waals surface area contributed by atoms with Crippen molar-refractivity contribution >= 4 is 5.96 Å². The number of aliphatic imine (C=N–C) groups is 1. The van der Waals surface area contributed by atoms with Crippen LogP contribution in [0.1, 0.15) is 64.7 Å². The summed E-state index contributed by atoms with van der Waals surface area (Å²) in [6.45, 7) is 8.82. The molecule has 2 saturated heterocycles. The van der Waals surface area contributed by atoms with Gasteiger partial charge >= 0.3 is 0 Å². The van der Waals surface area contributed by atoms with Gasteiger partial charge in [0.25, 0.3) is 0 Å². The van der Waals surface area contributed by atoms with Crippen LogP contribution in [0.5, 0.6) is 0 Å². The fraction of sp³-hybridized carbons (Fsp3) is 0.952. The molecule has 0 radical (unpaired) electrons. The lowest BCUT2D eigenvalue weighted by Gasteiger charge is -2.36. The zero-order chi connectivity index (χ0) is 18.7. The second-order valence-corrected chi connectivity index (χ2v) is 8.19. The Morgan fingerprint density at radius 2 is 1.81 bits per heavy atom. The van der Waals surface area contributed by atoms with Gasteiger partial charge in [0.05, 0.1) is 6.10 Å². The van der Waals surface area contributed by atoms with E-state index >= 15 is 0 Å². The van der Waals surface area contributed by atoms with Crippen molar-refractivity contribution in [1.82, 2.24) is 15.5 Å². The standard InChI is InChI=1S/C21H40N4O2/c1-2-22-21(23-12-5-15-27-20-10-16-26-17-11-20)24-18-8-13-25(14-9-18)19-6-3-4-7-19/h18-20H,2-17H2,1H3,(H2,22,23,24). The molecule has 6 nitrogen and oxygen atoms in total. The van der Waals surface area contributed by atoms with Gasteiger partial charge in [-0.15, -0.1) is 0 Å². The average Bonchev–Trinajstić information content (AvgIpc) is 3.24. The van der Waals surface area contributed by atoms with E-state index in [1.807, 2.05) is 0 Å². The van der Waals surface area contributed by atoms with Gasteiger partial charge in [0.2, 0.25) is 0 Å². The highest BCUT2D eigenvalue weighted by molar-refractivity contribution is 5.80. The minimum atomic E-state index is 0.388. The predicted molar refractivity (Wildman–Crippen MR) is 110 cm³/mol. The highest BCUT2D eigenvalue weighted by Crippen LogP contribution is 2.26. The van der Waals surface area contributed by atoms with Crippen molar-refractivity contribution in [3.8, 4) is 0 Å². The van der Waals surface area contributed by atoms with Crippen LogP contribution in [0.2, 0.25) is 0 Å². The third kappa shape index (κ3) is 7.24. The van der Waals surface area contributed by atoms with E-state index < -0.39 is 0 Å². The summed E-state index contributed by atoms with van der Waals surface area (Å²) in [6, 6.07) is 1.42. The topological polar surface area (TPSA) is 58.1 Å². The molecule has 2 heterocycles. The van der Waals surface area contributed by atoms with Crippen LogP contribution in [0.15, 0.2) is 4.99 Å². The molecular formula is C21H40N4O2. The van der Waals surface area contributed by atoms with E-state index in [1.54, 1.807) is 0 Å². The molecule has 2 aliphatic heterocycles. The Labute approximate surface area is 165 Å². The van der Waals surface area contributed by atoms with E-state index in [9.17, 15) is 0 Å². The van der Waals surface area contributed by atoms with Gasteiger partial charge in [0, 0.05) is 58.1 Å². The van der Waals surface area contributed by atoms with Crippen molar-refractivity contribution in [2.75, 3.05) is 46.0 Å². The van der Waals surface area contributed by atoms with Crippen LogP contribution in [0.4, 0.5) is 0 Å². The minimum absolute atomic E-state index is 0.388. The minimum Gasteiger partial charge on any atom is -0.381 e. The molecule has 6 heteroatoms. The van der Waals surface area contributed by atoms with Crippen LogP contribution in [0, 0.1) is 0 Å². The summed E-state index contributed by atoms with van der Waals surface area (Å²) < 4.78 is 11.3. The maximum Gasteiger partial charge on any atom is 0.191 e. The molecule has 0 aromatic heterocycles. The molecule has 0 atom stereocenters. The highest BCUT2D eigenvalue weighted by Gasteiger charge is 2.27. The molecule has 0 amide bonds. The van der Waals surface area contributed by atoms with Gasteiger partial charge < -0.3 is 25.0 Å². The normalized spacial score (nSPS) is 24.4. The Morgan fingerprint density at radius 1 is 1.07 bits per heavy atom. The zero-order valence-electron chi connectivity index (χ0n) is 17.3. The first-order chi connectivity index (χ1) is 13.3. The van der Waals surface area contributed by atoms with Crippen LogP contribution in [0.25, 0.3) is 0 Å². The second-order valence-electron chi connectivity index (χ2n) is 8.19. The van der Waals surface area contributed by atoms with E-state index in [-0.39, 0.29) is 0 Å². The zero-order valence-corrected chi connectivity index (χ0v) is 17.3. The average molecular weight is 381 g/mol. The lowest BCUT2D eigenvalue weighted by Crippen LogP contribution is -2.50. The summed E-state index contributed by atoms with van der Waals surface area (Å²) >= 11 is 0. The Morgan fingerprint density at radius 3 is 2.52 bits per heavy atom. The molecule has 156 valence electrons. The number of guanidine groups is 1. The number of rotatable bonds is 8. The number of ether oxygens (including phenoxy) is 2. The van der Waals surface area contributed by atoms with Crippen molar-refractivity contribution in [3.63, 3.8) is 0 Å². The molecular weight excluding hydrogens is 340 g/mol. The molecule has 0 spiro atoms. The van der Waals surface area contributed by atoms with Crippen molar-refractivity contribution in [3.05, 3.63) is 0 Å². The number of nitrogens with zero attached hydrogens (tertiary/aromatic N) is 2. The van der Waals surface area contributed by atoms with Crippen molar-refractivity contribution in [1.29, 1.82) is 0 Å². The molecule has 3 aliphatic rings. The fourth-order valence-electron chi connectivity index (χ4n) is 4.54. The summed E-state index contributed by atoms with van der Waals surface area (Å²) in [7, 11) is 0. The first-order valence-electron chi connectivity index (χ1n) is 11.3. The fourth-order valence-corrected chi connectivity index (χ4v) is 4.54. The Bertz CT molecular complexity index is 426. The monoisotopic (exact) mass is 380 g/mol. The van der Waals surface area contributed by atoms with E-state index in [4.69, 9.17) is 14.5 Å². The summed E-state index contributed by atoms with van der Waals surface area (Å²) in [5.74, 6) is 0.975. The van der Waals surface area contributed by atoms with E-state index in [0.717, 1.165) is 64.2 Å².